The zero-order chi connectivity index (χ0) is 17.4. The number of carboxylic acids is 1. The van der Waals surface area contributed by atoms with Crippen molar-refractivity contribution in [2.24, 2.45) is 11.3 Å². The van der Waals surface area contributed by atoms with E-state index in [1.807, 2.05) is 20.8 Å². The largest absolute Gasteiger partial charge is 0.480 e. The SMILES string of the molecule is CC(C)(C)C(NC(=O)CC1CC1)C(=O)N1CC(O)CC1C(=O)O. The van der Waals surface area contributed by atoms with Crippen LogP contribution >= 0.6 is 0 Å². The molecule has 0 aromatic rings. The Kier molecular flexibility index (Phi) is 4.98. The van der Waals surface area contributed by atoms with Crippen molar-refractivity contribution in [1.82, 2.24) is 10.2 Å². The summed E-state index contributed by atoms with van der Waals surface area (Å²) in [6.45, 7) is 5.47. The van der Waals surface area contributed by atoms with Crippen LogP contribution in [0.4, 0.5) is 0 Å². The maximum absolute atomic E-state index is 12.8. The van der Waals surface area contributed by atoms with Gasteiger partial charge >= 0.3 is 5.97 Å². The second-order valence-electron chi connectivity index (χ2n) is 7.75. The number of likely N-dealkylation sites (tertiary alicyclic amines) is 1. The zero-order valence-electron chi connectivity index (χ0n) is 13.9. The molecule has 1 aliphatic carbocycles. The fourth-order valence-corrected chi connectivity index (χ4v) is 2.91. The van der Waals surface area contributed by atoms with Gasteiger partial charge in [0, 0.05) is 19.4 Å². The van der Waals surface area contributed by atoms with E-state index in [-0.39, 0.29) is 18.9 Å². The molecule has 1 aliphatic heterocycles. The Bertz CT molecular complexity index is 495. The summed E-state index contributed by atoms with van der Waals surface area (Å²) in [7, 11) is 0. The number of carboxylic acid groups (broad SMARTS) is 1. The van der Waals surface area contributed by atoms with Gasteiger partial charge in [-0.1, -0.05) is 20.8 Å². The number of aliphatic hydroxyl groups excluding tert-OH is 1. The molecule has 2 fully saturated rings. The first-order chi connectivity index (χ1) is 10.6. The van der Waals surface area contributed by atoms with Crippen LogP contribution in [0.5, 0.6) is 0 Å². The lowest BCUT2D eigenvalue weighted by Gasteiger charge is -2.34. The van der Waals surface area contributed by atoms with Gasteiger partial charge in [-0.05, 0) is 24.2 Å². The van der Waals surface area contributed by atoms with Crippen LogP contribution in [0.1, 0.15) is 46.5 Å². The number of rotatable bonds is 5. The van der Waals surface area contributed by atoms with Gasteiger partial charge in [-0.15, -0.1) is 0 Å². The van der Waals surface area contributed by atoms with Crippen molar-refractivity contribution < 1.29 is 24.6 Å². The molecule has 3 unspecified atom stereocenters. The van der Waals surface area contributed by atoms with Gasteiger partial charge in [-0.3, -0.25) is 9.59 Å². The van der Waals surface area contributed by atoms with E-state index in [0.29, 0.717) is 12.3 Å². The van der Waals surface area contributed by atoms with Gasteiger partial charge in [0.1, 0.15) is 12.1 Å². The van der Waals surface area contributed by atoms with Gasteiger partial charge in [0.15, 0.2) is 0 Å². The standard InChI is InChI=1S/C16H26N2O5/c1-16(2,3)13(17-12(20)6-9-4-5-9)14(21)18-8-10(19)7-11(18)15(22)23/h9-11,13,19H,4-8H2,1-3H3,(H,17,20)(H,22,23). The lowest BCUT2D eigenvalue weighted by atomic mass is 9.85. The van der Waals surface area contributed by atoms with Crippen molar-refractivity contribution in [2.75, 3.05) is 6.54 Å². The van der Waals surface area contributed by atoms with Crippen molar-refractivity contribution in [2.45, 2.75) is 64.6 Å². The molecule has 3 atom stereocenters. The fourth-order valence-electron chi connectivity index (χ4n) is 2.91. The van der Waals surface area contributed by atoms with E-state index in [0.717, 1.165) is 12.8 Å². The van der Waals surface area contributed by atoms with Gasteiger partial charge < -0.3 is 20.4 Å². The summed E-state index contributed by atoms with van der Waals surface area (Å²) in [5.41, 5.74) is -0.549. The number of hydrogen-bond donors (Lipinski definition) is 3. The molecule has 1 heterocycles. The molecule has 7 nitrogen and oxygen atoms in total. The molecule has 130 valence electrons. The Hall–Kier alpha value is -1.63. The van der Waals surface area contributed by atoms with Crippen LogP contribution in [-0.4, -0.2) is 57.6 Å². The van der Waals surface area contributed by atoms with Crippen molar-refractivity contribution in [3.63, 3.8) is 0 Å². The third-order valence-corrected chi connectivity index (χ3v) is 4.44. The maximum Gasteiger partial charge on any atom is 0.326 e. The highest BCUT2D eigenvalue weighted by Crippen LogP contribution is 2.33. The lowest BCUT2D eigenvalue weighted by molar-refractivity contribution is -0.150. The number of aliphatic carboxylic acids is 1. The Morgan fingerprint density at radius 2 is 1.87 bits per heavy atom. The summed E-state index contributed by atoms with van der Waals surface area (Å²) in [5, 5.41) is 21.7. The Balaban J connectivity index is 2.12. The number of hydrogen-bond acceptors (Lipinski definition) is 4. The van der Waals surface area contributed by atoms with Gasteiger partial charge in [-0.2, -0.15) is 0 Å². The fraction of sp³-hybridized carbons (Fsp3) is 0.812. The number of nitrogens with one attached hydrogen (secondary N) is 1. The Morgan fingerprint density at radius 1 is 1.26 bits per heavy atom. The number of nitrogens with zero attached hydrogens (tertiary/aromatic N) is 1. The molecule has 7 heteroatoms. The second-order valence-corrected chi connectivity index (χ2v) is 7.75. The third-order valence-electron chi connectivity index (χ3n) is 4.44. The minimum atomic E-state index is -1.13. The number of β-amino-alcohol motifs (C(OH)–C–C–N with tert-alkyl or cyclic N) is 1. The molecule has 0 spiro atoms. The first-order valence-electron chi connectivity index (χ1n) is 8.10. The van der Waals surface area contributed by atoms with E-state index in [1.54, 1.807) is 0 Å². The van der Waals surface area contributed by atoms with Crippen molar-refractivity contribution in [1.29, 1.82) is 0 Å². The molecule has 2 aliphatic rings. The minimum Gasteiger partial charge on any atom is -0.480 e. The summed E-state index contributed by atoms with van der Waals surface area (Å²) in [6.07, 6.45) is 1.67. The van der Waals surface area contributed by atoms with Crippen LogP contribution in [0, 0.1) is 11.3 Å². The van der Waals surface area contributed by atoms with Crippen LogP contribution in [0.15, 0.2) is 0 Å². The first-order valence-corrected chi connectivity index (χ1v) is 8.10. The average molecular weight is 326 g/mol. The Labute approximate surface area is 136 Å². The second kappa shape index (κ2) is 6.47. The molecule has 1 saturated carbocycles. The lowest BCUT2D eigenvalue weighted by Crippen LogP contribution is -2.56. The predicted molar refractivity (Wildman–Crippen MR) is 82.5 cm³/mol. The van der Waals surface area contributed by atoms with E-state index in [9.17, 15) is 24.6 Å². The van der Waals surface area contributed by atoms with Crippen LogP contribution in [0.3, 0.4) is 0 Å². The number of carbonyl (C=O) groups excluding carboxylic acids is 2. The molecule has 1 saturated heterocycles. The highest BCUT2D eigenvalue weighted by molar-refractivity contribution is 5.91. The number of aliphatic hydroxyl groups is 1. The van der Waals surface area contributed by atoms with E-state index < -0.39 is 35.5 Å². The molecule has 0 radical (unpaired) electrons. The van der Waals surface area contributed by atoms with E-state index in [1.165, 1.54) is 4.90 Å². The minimum absolute atomic E-state index is 0.0130. The molecule has 23 heavy (non-hydrogen) atoms. The van der Waals surface area contributed by atoms with Crippen molar-refractivity contribution >= 4 is 17.8 Å². The predicted octanol–water partition coefficient (Wildman–Crippen LogP) is 0.364. The van der Waals surface area contributed by atoms with E-state index in [2.05, 4.69) is 5.32 Å². The maximum atomic E-state index is 12.8. The van der Waals surface area contributed by atoms with Gasteiger partial charge in [0.05, 0.1) is 6.10 Å². The van der Waals surface area contributed by atoms with Crippen LogP contribution < -0.4 is 5.32 Å². The summed E-state index contributed by atoms with van der Waals surface area (Å²) in [5.74, 6) is -1.34. The molecule has 2 rings (SSSR count). The molecule has 0 aromatic carbocycles. The quantitative estimate of drug-likeness (QED) is 0.676. The van der Waals surface area contributed by atoms with Gasteiger partial charge in [0.25, 0.3) is 0 Å². The van der Waals surface area contributed by atoms with Crippen LogP contribution in [0.2, 0.25) is 0 Å². The molecule has 3 N–H and O–H groups in total. The van der Waals surface area contributed by atoms with Gasteiger partial charge in [0.2, 0.25) is 11.8 Å². The van der Waals surface area contributed by atoms with E-state index in [4.69, 9.17) is 0 Å². The highest BCUT2D eigenvalue weighted by atomic mass is 16.4. The summed E-state index contributed by atoms with van der Waals surface area (Å²) >= 11 is 0. The normalized spacial score (nSPS) is 26.0. The Morgan fingerprint density at radius 3 is 2.35 bits per heavy atom. The summed E-state index contributed by atoms with van der Waals surface area (Å²) in [4.78, 5) is 37.4. The highest BCUT2D eigenvalue weighted by Gasteiger charge is 2.44. The first kappa shape index (κ1) is 17.7. The molecular formula is C16H26N2O5. The summed E-state index contributed by atoms with van der Waals surface area (Å²) in [6, 6.07) is -1.84. The number of carbonyl (C=O) groups is 3. The van der Waals surface area contributed by atoms with Gasteiger partial charge in [-0.25, -0.2) is 4.79 Å². The van der Waals surface area contributed by atoms with E-state index >= 15 is 0 Å². The monoisotopic (exact) mass is 326 g/mol. The topological polar surface area (TPSA) is 107 Å². The average Bonchev–Trinajstić information content (AvgIpc) is 3.13. The third kappa shape index (κ3) is 4.43. The number of amides is 2. The molecule has 0 bridgehead atoms. The van der Waals surface area contributed by atoms with Crippen molar-refractivity contribution in [3.05, 3.63) is 0 Å². The van der Waals surface area contributed by atoms with Crippen LogP contribution in [-0.2, 0) is 14.4 Å². The van der Waals surface area contributed by atoms with Crippen molar-refractivity contribution in [3.8, 4) is 0 Å². The van der Waals surface area contributed by atoms with Crippen LogP contribution in [0.25, 0.3) is 0 Å². The molecule has 0 aromatic heterocycles. The molecular weight excluding hydrogens is 300 g/mol. The smallest absolute Gasteiger partial charge is 0.326 e. The summed E-state index contributed by atoms with van der Waals surface area (Å²) < 4.78 is 0. The zero-order valence-corrected chi connectivity index (χ0v) is 13.9. The molecule has 2 amide bonds.